The lowest BCUT2D eigenvalue weighted by Crippen LogP contribution is -2.50. The Labute approximate surface area is 138 Å². The van der Waals surface area contributed by atoms with Gasteiger partial charge in [0, 0.05) is 12.6 Å². The lowest BCUT2D eigenvalue weighted by Gasteiger charge is -2.24. The number of carbonyl (C=O) groups excluding carboxylic acids is 2. The third-order valence-electron chi connectivity index (χ3n) is 3.73. The van der Waals surface area contributed by atoms with Crippen molar-refractivity contribution in [2.45, 2.75) is 25.9 Å². The summed E-state index contributed by atoms with van der Waals surface area (Å²) in [4.78, 5) is 30.8. The van der Waals surface area contributed by atoms with Crippen molar-refractivity contribution in [3.63, 3.8) is 0 Å². The highest BCUT2D eigenvalue weighted by Gasteiger charge is 2.38. The molecule has 3 rings (SSSR count). The first-order valence-electron chi connectivity index (χ1n) is 7.67. The lowest BCUT2D eigenvalue weighted by molar-refractivity contribution is -0.126. The minimum atomic E-state index is -0.632. The molecule has 0 radical (unpaired) electrons. The van der Waals surface area contributed by atoms with Crippen molar-refractivity contribution in [1.29, 1.82) is 0 Å². The number of amides is 2. The fraction of sp³-hybridized carbons (Fsp3) is 0.429. The standard InChI is InChI=1S/C14H18N8O2/c1-2-15-8-12(23)22-10(6-9-4-3-5-16-13(9)22)14(24)17-7-11-18-20-21-19-11/h3-5,10,15H,2,6-8H2,1H3,(H,17,24)(H,18,19,20,21)/t10-/m0/s1. The molecule has 2 aromatic rings. The van der Waals surface area contributed by atoms with E-state index in [9.17, 15) is 9.59 Å². The second-order valence-corrected chi connectivity index (χ2v) is 5.30. The number of H-pyrrole nitrogens is 1. The quantitative estimate of drug-likeness (QED) is 0.605. The van der Waals surface area contributed by atoms with E-state index in [0.29, 0.717) is 24.6 Å². The minimum absolute atomic E-state index is 0.144. The van der Waals surface area contributed by atoms with E-state index in [1.165, 1.54) is 4.90 Å². The number of anilines is 1. The lowest BCUT2D eigenvalue weighted by atomic mass is 10.1. The van der Waals surface area contributed by atoms with Crippen molar-refractivity contribution >= 4 is 17.6 Å². The fourth-order valence-electron chi connectivity index (χ4n) is 2.61. The van der Waals surface area contributed by atoms with Crippen LogP contribution in [0, 0.1) is 0 Å². The van der Waals surface area contributed by atoms with E-state index >= 15 is 0 Å². The van der Waals surface area contributed by atoms with Crippen molar-refractivity contribution in [1.82, 2.24) is 36.2 Å². The summed E-state index contributed by atoms with van der Waals surface area (Å²) in [6.07, 6.45) is 2.05. The van der Waals surface area contributed by atoms with E-state index in [2.05, 4.69) is 36.2 Å². The molecular weight excluding hydrogens is 312 g/mol. The van der Waals surface area contributed by atoms with E-state index in [-0.39, 0.29) is 24.9 Å². The highest BCUT2D eigenvalue weighted by Crippen LogP contribution is 2.29. The van der Waals surface area contributed by atoms with E-state index in [1.807, 2.05) is 13.0 Å². The molecule has 1 aliphatic heterocycles. The summed E-state index contributed by atoms with van der Waals surface area (Å²) in [5.74, 6) is 0.458. The van der Waals surface area contributed by atoms with E-state index in [1.54, 1.807) is 12.3 Å². The summed E-state index contributed by atoms with van der Waals surface area (Å²) in [5, 5.41) is 19.1. The highest BCUT2D eigenvalue weighted by molar-refractivity contribution is 6.03. The monoisotopic (exact) mass is 330 g/mol. The Morgan fingerprint density at radius 1 is 1.46 bits per heavy atom. The second kappa shape index (κ2) is 7.13. The number of hydrogen-bond donors (Lipinski definition) is 3. The molecule has 10 nitrogen and oxygen atoms in total. The predicted octanol–water partition coefficient (Wildman–Crippen LogP) is -1.22. The molecule has 2 amide bonds. The molecule has 0 aliphatic carbocycles. The number of nitrogens with zero attached hydrogens (tertiary/aromatic N) is 5. The molecule has 0 fully saturated rings. The number of fused-ring (bicyclic) bond motifs is 1. The van der Waals surface area contributed by atoms with E-state index in [0.717, 1.165) is 5.56 Å². The Balaban J connectivity index is 1.75. The number of rotatable bonds is 6. The fourth-order valence-corrected chi connectivity index (χ4v) is 2.61. The maximum atomic E-state index is 12.6. The summed E-state index contributed by atoms with van der Waals surface area (Å²) in [6, 6.07) is 3.04. The molecule has 0 saturated carbocycles. The van der Waals surface area contributed by atoms with Crippen LogP contribution in [0.15, 0.2) is 18.3 Å². The molecule has 126 valence electrons. The number of likely N-dealkylation sites (N-methyl/N-ethyl adjacent to an activating group) is 1. The van der Waals surface area contributed by atoms with E-state index < -0.39 is 6.04 Å². The summed E-state index contributed by atoms with van der Waals surface area (Å²) in [6.45, 7) is 2.88. The molecule has 24 heavy (non-hydrogen) atoms. The van der Waals surface area contributed by atoms with Crippen molar-refractivity contribution < 1.29 is 9.59 Å². The van der Waals surface area contributed by atoms with Gasteiger partial charge in [0.15, 0.2) is 5.82 Å². The minimum Gasteiger partial charge on any atom is -0.347 e. The number of aromatic nitrogens is 5. The number of carbonyl (C=O) groups is 2. The molecule has 0 saturated heterocycles. The van der Waals surface area contributed by atoms with Crippen LogP contribution in [-0.4, -0.2) is 56.6 Å². The zero-order valence-electron chi connectivity index (χ0n) is 13.2. The molecule has 0 unspecified atom stereocenters. The summed E-state index contributed by atoms with van der Waals surface area (Å²) >= 11 is 0. The van der Waals surface area contributed by atoms with Crippen molar-refractivity contribution in [3.05, 3.63) is 29.7 Å². The van der Waals surface area contributed by atoms with Crippen LogP contribution in [0.2, 0.25) is 0 Å². The molecule has 2 aromatic heterocycles. The van der Waals surface area contributed by atoms with Gasteiger partial charge in [-0.15, -0.1) is 10.2 Å². The van der Waals surface area contributed by atoms with Crippen molar-refractivity contribution in [2.24, 2.45) is 0 Å². The Hall–Kier alpha value is -2.88. The van der Waals surface area contributed by atoms with Crippen LogP contribution < -0.4 is 15.5 Å². The van der Waals surface area contributed by atoms with Crippen LogP contribution in [0.25, 0.3) is 0 Å². The summed E-state index contributed by atoms with van der Waals surface area (Å²) < 4.78 is 0. The second-order valence-electron chi connectivity index (χ2n) is 5.30. The van der Waals surface area contributed by atoms with Gasteiger partial charge >= 0.3 is 0 Å². The molecule has 3 N–H and O–H groups in total. The first-order chi connectivity index (χ1) is 11.7. The largest absolute Gasteiger partial charge is 0.347 e. The zero-order chi connectivity index (χ0) is 16.9. The average molecular weight is 330 g/mol. The summed E-state index contributed by atoms with van der Waals surface area (Å²) in [5.41, 5.74) is 0.877. The van der Waals surface area contributed by atoms with Gasteiger partial charge in [-0.3, -0.25) is 14.5 Å². The molecule has 3 heterocycles. The molecule has 1 atom stereocenters. The van der Waals surface area contributed by atoms with Crippen LogP contribution in [0.3, 0.4) is 0 Å². The third-order valence-corrected chi connectivity index (χ3v) is 3.73. The van der Waals surface area contributed by atoms with Gasteiger partial charge in [0.05, 0.1) is 13.1 Å². The maximum absolute atomic E-state index is 12.6. The number of pyridine rings is 1. The molecule has 1 aliphatic rings. The Morgan fingerprint density at radius 2 is 2.33 bits per heavy atom. The Bertz CT molecular complexity index is 717. The number of nitrogens with one attached hydrogen (secondary N) is 3. The predicted molar refractivity (Wildman–Crippen MR) is 83.8 cm³/mol. The zero-order valence-corrected chi connectivity index (χ0v) is 13.2. The Kier molecular flexibility index (Phi) is 4.75. The SMILES string of the molecule is CCNCC(=O)N1c2ncccc2C[C@H]1C(=O)NCc1nn[nH]n1. The Morgan fingerprint density at radius 3 is 3.08 bits per heavy atom. The van der Waals surface area contributed by atoms with Gasteiger partial charge in [0.2, 0.25) is 11.8 Å². The van der Waals surface area contributed by atoms with Gasteiger partial charge in [0.25, 0.3) is 0 Å². The third kappa shape index (κ3) is 3.23. The van der Waals surface area contributed by atoms with Gasteiger partial charge in [-0.2, -0.15) is 5.21 Å². The molecule has 0 spiro atoms. The molecule has 0 bridgehead atoms. The summed E-state index contributed by atoms with van der Waals surface area (Å²) in [7, 11) is 0. The van der Waals surface area contributed by atoms with E-state index in [4.69, 9.17) is 0 Å². The van der Waals surface area contributed by atoms with Crippen LogP contribution >= 0.6 is 0 Å². The molecular formula is C14H18N8O2. The van der Waals surface area contributed by atoms with Gasteiger partial charge in [-0.1, -0.05) is 18.2 Å². The first-order valence-corrected chi connectivity index (χ1v) is 7.67. The number of aromatic amines is 1. The first kappa shape index (κ1) is 16.0. The van der Waals surface area contributed by atoms with Gasteiger partial charge in [0.1, 0.15) is 11.9 Å². The highest BCUT2D eigenvalue weighted by atomic mass is 16.2. The normalized spacial score (nSPS) is 16.0. The average Bonchev–Trinajstić information content (AvgIpc) is 3.24. The van der Waals surface area contributed by atoms with Gasteiger partial charge in [-0.05, 0) is 18.2 Å². The van der Waals surface area contributed by atoms with Crippen LogP contribution in [-0.2, 0) is 22.6 Å². The number of hydrogen-bond acceptors (Lipinski definition) is 7. The maximum Gasteiger partial charge on any atom is 0.243 e. The van der Waals surface area contributed by atoms with Gasteiger partial charge in [-0.25, -0.2) is 4.98 Å². The van der Waals surface area contributed by atoms with Crippen molar-refractivity contribution in [2.75, 3.05) is 18.0 Å². The number of tetrazole rings is 1. The smallest absolute Gasteiger partial charge is 0.243 e. The molecule has 0 aromatic carbocycles. The van der Waals surface area contributed by atoms with Crippen LogP contribution in [0.5, 0.6) is 0 Å². The van der Waals surface area contributed by atoms with Gasteiger partial charge < -0.3 is 10.6 Å². The van der Waals surface area contributed by atoms with Crippen LogP contribution in [0.1, 0.15) is 18.3 Å². The van der Waals surface area contributed by atoms with Crippen LogP contribution in [0.4, 0.5) is 5.82 Å². The molecule has 10 heteroatoms. The van der Waals surface area contributed by atoms with Crippen molar-refractivity contribution in [3.8, 4) is 0 Å². The topological polar surface area (TPSA) is 129 Å².